The van der Waals surface area contributed by atoms with Crippen LogP contribution < -0.4 is 16.0 Å². The molecule has 1 aromatic rings. The van der Waals surface area contributed by atoms with Crippen molar-refractivity contribution in [3.05, 3.63) is 29.8 Å². The number of benzene rings is 1. The zero-order valence-corrected chi connectivity index (χ0v) is 11.7. The molecule has 0 spiro atoms. The van der Waals surface area contributed by atoms with E-state index in [2.05, 4.69) is 16.0 Å². The molecule has 0 aromatic heterocycles. The lowest BCUT2D eigenvalue weighted by Gasteiger charge is -2.10. The van der Waals surface area contributed by atoms with Gasteiger partial charge in [0.25, 0.3) is 0 Å². The highest BCUT2D eigenvalue weighted by atomic mass is 16.2. The Kier molecular flexibility index (Phi) is 5.12. The number of anilines is 1. The van der Waals surface area contributed by atoms with E-state index in [9.17, 15) is 9.59 Å². The second-order valence-corrected chi connectivity index (χ2v) is 5.01. The Morgan fingerprint density at radius 1 is 1.30 bits per heavy atom. The first kappa shape index (κ1) is 14.5. The monoisotopic (exact) mass is 275 g/mol. The number of hydrogen-bond acceptors (Lipinski definition) is 3. The number of carbonyl (C=O) groups excluding carboxylic acids is 2. The predicted molar refractivity (Wildman–Crippen MR) is 78.4 cm³/mol. The van der Waals surface area contributed by atoms with Crippen molar-refractivity contribution in [3.8, 4) is 0 Å². The van der Waals surface area contributed by atoms with Gasteiger partial charge < -0.3 is 16.0 Å². The second-order valence-electron chi connectivity index (χ2n) is 5.01. The van der Waals surface area contributed by atoms with Crippen molar-refractivity contribution in [1.82, 2.24) is 10.6 Å². The van der Waals surface area contributed by atoms with E-state index in [0.717, 1.165) is 30.8 Å². The molecule has 2 rings (SSSR count). The van der Waals surface area contributed by atoms with Crippen molar-refractivity contribution in [2.45, 2.75) is 19.8 Å². The molecule has 0 radical (unpaired) electrons. The van der Waals surface area contributed by atoms with Crippen LogP contribution in [-0.2, 0) is 16.0 Å². The maximum Gasteiger partial charge on any atom is 0.228 e. The molecule has 1 unspecified atom stereocenters. The molecule has 5 nitrogen and oxygen atoms in total. The van der Waals surface area contributed by atoms with Crippen LogP contribution >= 0.6 is 0 Å². The van der Waals surface area contributed by atoms with E-state index in [-0.39, 0.29) is 17.7 Å². The standard InChI is InChI=1S/C15H21N3O2/c1-2-17-14(19)9-11-3-5-13(6-4-11)18-15(20)12-7-8-16-10-12/h3-6,12,16H,2,7-10H2,1H3,(H,17,19)(H,18,20). The van der Waals surface area contributed by atoms with E-state index in [4.69, 9.17) is 0 Å². The first-order valence-electron chi connectivity index (χ1n) is 7.06. The average molecular weight is 275 g/mol. The van der Waals surface area contributed by atoms with Gasteiger partial charge in [0.05, 0.1) is 12.3 Å². The average Bonchev–Trinajstić information content (AvgIpc) is 2.95. The van der Waals surface area contributed by atoms with Crippen molar-refractivity contribution < 1.29 is 9.59 Å². The summed E-state index contributed by atoms with van der Waals surface area (Å²) >= 11 is 0. The molecular formula is C15H21N3O2. The van der Waals surface area contributed by atoms with Gasteiger partial charge in [-0.3, -0.25) is 9.59 Å². The lowest BCUT2D eigenvalue weighted by Crippen LogP contribution is -2.25. The highest BCUT2D eigenvalue weighted by Gasteiger charge is 2.22. The maximum absolute atomic E-state index is 11.9. The minimum Gasteiger partial charge on any atom is -0.356 e. The molecule has 1 aliphatic rings. The zero-order valence-electron chi connectivity index (χ0n) is 11.7. The maximum atomic E-state index is 11.9. The van der Waals surface area contributed by atoms with Crippen LogP contribution in [0.3, 0.4) is 0 Å². The molecule has 20 heavy (non-hydrogen) atoms. The van der Waals surface area contributed by atoms with Crippen LogP contribution in [0.5, 0.6) is 0 Å². The van der Waals surface area contributed by atoms with E-state index >= 15 is 0 Å². The van der Waals surface area contributed by atoms with Gasteiger partial charge in [-0.2, -0.15) is 0 Å². The van der Waals surface area contributed by atoms with E-state index in [1.165, 1.54) is 0 Å². The molecule has 1 aromatic carbocycles. The third kappa shape index (κ3) is 4.06. The Labute approximate surface area is 119 Å². The molecule has 3 N–H and O–H groups in total. The van der Waals surface area contributed by atoms with Gasteiger partial charge in [-0.1, -0.05) is 12.1 Å². The van der Waals surface area contributed by atoms with Crippen LogP contribution in [0.25, 0.3) is 0 Å². The van der Waals surface area contributed by atoms with Gasteiger partial charge in [0.1, 0.15) is 0 Å². The lowest BCUT2D eigenvalue weighted by molar-refractivity contribution is -0.120. The van der Waals surface area contributed by atoms with Crippen LogP contribution in [-0.4, -0.2) is 31.4 Å². The quantitative estimate of drug-likeness (QED) is 0.748. The van der Waals surface area contributed by atoms with Gasteiger partial charge in [0.15, 0.2) is 0 Å². The van der Waals surface area contributed by atoms with Crippen molar-refractivity contribution in [2.75, 3.05) is 25.0 Å². The Morgan fingerprint density at radius 2 is 2.05 bits per heavy atom. The smallest absolute Gasteiger partial charge is 0.228 e. The number of likely N-dealkylation sites (N-methyl/N-ethyl adjacent to an activating group) is 1. The first-order chi connectivity index (χ1) is 9.69. The summed E-state index contributed by atoms with van der Waals surface area (Å²) in [6.45, 7) is 4.20. The summed E-state index contributed by atoms with van der Waals surface area (Å²) < 4.78 is 0. The van der Waals surface area contributed by atoms with E-state index in [1.807, 2.05) is 31.2 Å². The number of carbonyl (C=O) groups is 2. The Morgan fingerprint density at radius 3 is 2.65 bits per heavy atom. The molecule has 0 bridgehead atoms. The minimum atomic E-state index is 0.0151. The van der Waals surface area contributed by atoms with Crippen LogP contribution in [0.4, 0.5) is 5.69 Å². The molecule has 0 saturated carbocycles. The Bertz CT molecular complexity index is 465. The molecule has 5 heteroatoms. The minimum absolute atomic E-state index is 0.0151. The summed E-state index contributed by atoms with van der Waals surface area (Å²) in [6, 6.07) is 7.43. The summed E-state index contributed by atoms with van der Waals surface area (Å²) in [5.74, 6) is 0.137. The predicted octanol–water partition coefficient (Wildman–Crippen LogP) is 0.913. The van der Waals surface area contributed by atoms with Gasteiger partial charge in [-0.15, -0.1) is 0 Å². The fourth-order valence-corrected chi connectivity index (χ4v) is 2.27. The Hall–Kier alpha value is -1.88. The molecule has 2 amide bonds. The van der Waals surface area contributed by atoms with Crippen molar-refractivity contribution in [1.29, 1.82) is 0 Å². The topological polar surface area (TPSA) is 70.2 Å². The van der Waals surface area contributed by atoms with Gasteiger partial charge in [-0.05, 0) is 37.6 Å². The van der Waals surface area contributed by atoms with Crippen LogP contribution in [0.15, 0.2) is 24.3 Å². The van der Waals surface area contributed by atoms with Gasteiger partial charge in [0.2, 0.25) is 11.8 Å². The highest BCUT2D eigenvalue weighted by molar-refractivity contribution is 5.93. The van der Waals surface area contributed by atoms with Gasteiger partial charge in [0, 0.05) is 18.8 Å². The largest absolute Gasteiger partial charge is 0.356 e. The number of nitrogens with one attached hydrogen (secondary N) is 3. The third-order valence-corrected chi connectivity index (χ3v) is 3.39. The molecule has 1 fully saturated rings. The summed E-state index contributed by atoms with van der Waals surface area (Å²) in [4.78, 5) is 23.4. The highest BCUT2D eigenvalue weighted by Crippen LogP contribution is 2.14. The Balaban J connectivity index is 1.87. The van der Waals surface area contributed by atoms with Crippen molar-refractivity contribution in [2.24, 2.45) is 5.92 Å². The van der Waals surface area contributed by atoms with Gasteiger partial charge in [-0.25, -0.2) is 0 Å². The van der Waals surface area contributed by atoms with E-state index in [0.29, 0.717) is 13.0 Å². The molecule has 1 heterocycles. The molecule has 1 aliphatic heterocycles. The lowest BCUT2D eigenvalue weighted by atomic mass is 10.1. The number of amides is 2. The third-order valence-electron chi connectivity index (χ3n) is 3.39. The van der Waals surface area contributed by atoms with E-state index < -0.39 is 0 Å². The molecule has 1 saturated heterocycles. The fraction of sp³-hybridized carbons (Fsp3) is 0.467. The normalized spacial score (nSPS) is 17.8. The van der Waals surface area contributed by atoms with Crippen LogP contribution in [0.2, 0.25) is 0 Å². The zero-order chi connectivity index (χ0) is 14.4. The van der Waals surface area contributed by atoms with Crippen LogP contribution in [0, 0.1) is 5.92 Å². The number of hydrogen-bond donors (Lipinski definition) is 3. The summed E-state index contributed by atoms with van der Waals surface area (Å²) in [5.41, 5.74) is 1.72. The molecule has 0 aliphatic carbocycles. The SMILES string of the molecule is CCNC(=O)Cc1ccc(NC(=O)C2CCNC2)cc1. The summed E-state index contributed by atoms with van der Waals surface area (Å²) in [6.07, 6.45) is 1.26. The van der Waals surface area contributed by atoms with Crippen molar-refractivity contribution in [3.63, 3.8) is 0 Å². The fourth-order valence-electron chi connectivity index (χ4n) is 2.27. The summed E-state index contributed by atoms with van der Waals surface area (Å²) in [5, 5.41) is 8.85. The van der Waals surface area contributed by atoms with Crippen molar-refractivity contribution >= 4 is 17.5 Å². The number of rotatable bonds is 5. The molecule has 108 valence electrons. The second kappa shape index (κ2) is 7.05. The van der Waals surface area contributed by atoms with Gasteiger partial charge >= 0.3 is 0 Å². The molecular weight excluding hydrogens is 254 g/mol. The summed E-state index contributed by atoms with van der Waals surface area (Å²) in [7, 11) is 0. The molecule has 1 atom stereocenters. The van der Waals surface area contributed by atoms with E-state index in [1.54, 1.807) is 0 Å². The first-order valence-corrected chi connectivity index (χ1v) is 7.06. The van der Waals surface area contributed by atoms with Crippen LogP contribution in [0.1, 0.15) is 18.9 Å².